The number of rotatable bonds is 28. The van der Waals surface area contributed by atoms with Crippen LogP contribution in [0.25, 0.3) is 0 Å². The molecule has 3 nitrogen and oxygen atoms in total. The molecule has 0 heterocycles. The van der Waals surface area contributed by atoms with Crippen molar-refractivity contribution >= 4 is 134 Å². The summed E-state index contributed by atoms with van der Waals surface area (Å²) in [7, 11) is -16.6. The third-order valence-corrected chi connectivity index (χ3v) is 56.2. The zero-order valence-corrected chi connectivity index (χ0v) is 66.5. The van der Waals surface area contributed by atoms with Crippen molar-refractivity contribution in [3.05, 3.63) is 243 Å². The van der Waals surface area contributed by atoms with Crippen LogP contribution in [0.4, 0.5) is 0 Å². The average Bonchev–Trinajstić information content (AvgIpc) is 0.699. The summed E-state index contributed by atoms with van der Waals surface area (Å²) in [5, 5.41) is 10.3. The molecule has 0 spiro atoms. The number of benzene rings is 8. The summed E-state index contributed by atoms with van der Waals surface area (Å²) in [6, 6.07) is 92.6. The SMILES string of the molecule is CC(CCCN([Si](c1ccccc1)(c1ccccc1)C(C)(C)C)[Si](c1ccccc1)(c1ccccc1)C(C)(C)C)(CCOCCC(C)(CCCN([Si](c1ccccc1)(c1ccccc1)C(C)(C)C)[Si](c1ccccc1)(c1ccccc1)C(C)(C)C)[SiH](Cl)Cl)[SiH](Cl)Cl. The standard InChI is InChI=1S/C78H104Cl4N2OSi6/c1-73(2,3)88(65-41-23-15-24-42-65,66-43-25-16-26-44-66)83(89(74(4,5)6,67-45-27-17-28-46-67)68-47-29-18-30-48-68)61-39-57-77(13,86(79)80)59-63-85-64-60-78(14,87(81)82)58-40-62-84(90(75(7,8)9,69-49-31-19-32-50-69)70-51-33-20-34-52-70)91(76(10,11)12,71-53-35-21-36-54-71)72-55-37-22-38-56-72/h15-38,41-56,86-87H,39-40,57-64H2,1-14H3. The molecular formula is C78H104Cl4N2OSi6. The Morgan fingerprint density at radius 2 is 0.440 bits per heavy atom. The van der Waals surface area contributed by atoms with Crippen molar-refractivity contribution in [1.82, 2.24) is 8.46 Å². The minimum absolute atomic E-state index is 0.149. The van der Waals surface area contributed by atoms with Crippen LogP contribution in [0.15, 0.2) is 243 Å². The molecule has 0 fully saturated rings. The summed E-state index contributed by atoms with van der Waals surface area (Å²) >= 11 is 29.7. The number of hydrogen-bond donors (Lipinski definition) is 0. The predicted octanol–water partition coefficient (Wildman–Crippen LogP) is 17.1. The summed E-state index contributed by atoms with van der Waals surface area (Å²) in [6.07, 6.45) is 5.18. The molecule has 0 amide bonds. The first kappa shape index (κ1) is 72.9. The van der Waals surface area contributed by atoms with Gasteiger partial charge in [0.25, 0.3) is 0 Å². The molecule has 0 radical (unpaired) electrons. The second-order valence-electron chi connectivity index (χ2n) is 30.3. The predicted molar refractivity (Wildman–Crippen MR) is 417 cm³/mol. The van der Waals surface area contributed by atoms with E-state index in [9.17, 15) is 0 Å². The molecule has 0 aliphatic heterocycles. The minimum Gasteiger partial charge on any atom is -0.381 e. The fraction of sp³-hybridized carbons (Fsp3) is 0.385. The average molecular weight is 1400 g/mol. The quantitative estimate of drug-likeness (QED) is 0.0276. The Morgan fingerprint density at radius 1 is 0.275 bits per heavy atom. The molecule has 8 rings (SSSR count). The largest absolute Gasteiger partial charge is 0.381 e. The highest BCUT2D eigenvalue weighted by Crippen LogP contribution is 2.51. The van der Waals surface area contributed by atoms with E-state index in [-0.39, 0.29) is 30.2 Å². The molecule has 0 N–H and O–H groups in total. The van der Waals surface area contributed by atoms with Crippen LogP contribution in [0.3, 0.4) is 0 Å². The summed E-state index contributed by atoms with van der Waals surface area (Å²) in [6.45, 7) is 37.7. The third-order valence-electron chi connectivity index (χ3n) is 20.4. The van der Waals surface area contributed by atoms with E-state index in [0.29, 0.717) is 13.2 Å². The van der Waals surface area contributed by atoms with Gasteiger partial charge in [-0.2, -0.15) is 0 Å². The molecule has 8 aromatic rings. The molecule has 0 aliphatic rings. The van der Waals surface area contributed by atoms with Crippen molar-refractivity contribution in [3.8, 4) is 0 Å². The smallest absolute Gasteiger partial charge is 0.242 e. The number of ether oxygens (including phenoxy) is 1. The normalized spacial score (nSPS) is 14.7. The van der Waals surface area contributed by atoms with Gasteiger partial charge < -0.3 is 13.2 Å². The topological polar surface area (TPSA) is 15.7 Å². The van der Waals surface area contributed by atoms with E-state index in [0.717, 1.165) is 51.6 Å². The maximum atomic E-state index is 7.42. The van der Waals surface area contributed by atoms with Crippen LogP contribution in [-0.2, 0) is 4.74 Å². The Labute approximate surface area is 576 Å². The van der Waals surface area contributed by atoms with Gasteiger partial charge >= 0.3 is 0 Å². The Hall–Kier alpha value is -3.90. The lowest BCUT2D eigenvalue weighted by Gasteiger charge is -2.62. The molecule has 0 aliphatic carbocycles. The van der Waals surface area contributed by atoms with Gasteiger partial charge in [-0.3, -0.25) is 0 Å². The summed E-state index contributed by atoms with van der Waals surface area (Å²) in [5.41, 5.74) is 0. The van der Waals surface area contributed by atoms with Crippen molar-refractivity contribution in [2.75, 3.05) is 26.3 Å². The molecular weight excluding hydrogens is 1290 g/mol. The van der Waals surface area contributed by atoms with Crippen molar-refractivity contribution in [3.63, 3.8) is 0 Å². The van der Waals surface area contributed by atoms with Crippen LogP contribution in [0.2, 0.25) is 30.2 Å². The van der Waals surface area contributed by atoms with Gasteiger partial charge in [0.05, 0.1) is 0 Å². The van der Waals surface area contributed by atoms with Crippen molar-refractivity contribution in [1.29, 1.82) is 0 Å². The molecule has 2 unspecified atom stereocenters. The fourth-order valence-electron chi connectivity index (χ4n) is 16.3. The van der Waals surface area contributed by atoms with Gasteiger partial charge in [-0.15, -0.1) is 44.3 Å². The van der Waals surface area contributed by atoms with Crippen LogP contribution in [-0.4, -0.2) is 82.5 Å². The Balaban J connectivity index is 1.11. The van der Waals surface area contributed by atoms with Gasteiger partial charge in [0, 0.05) is 13.2 Å². The van der Waals surface area contributed by atoms with Crippen molar-refractivity contribution in [2.45, 2.75) is 166 Å². The number of halogens is 4. The lowest BCUT2D eigenvalue weighted by Crippen LogP contribution is -2.88. The van der Waals surface area contributed by atoms with Gasteiger partial charge in [-0.25, -0.2) is 0 Å². The zero-order chi connectivity index (χ0) is 66.0. The van der Waals surface area contributed by atoms with E-state index >= 15 is 0 Å². The van der Waals surface area contributed by atoms with Gasteiger partial charge in [0.2, 0.25) is 14.8 Å². The molecule has 8 aromatic carbocycles. The van der Waals surface area contributed by atoms with Gasteiger partial charge in [-0.1, -0.05) is 340 Å². The van der Waals surface area contributed by atoms with Crippen LogP contribution in [0.1, 0.15) is 135 Å². The van der Waals surface area contributed by atoms with Crippen LogP contribution in [0.5, 0.6) is 0 Å². The van der Waals surface area contributed by atoms with E-state index in [1.807, 2.05) is 0 Å². The van der Waals surface area contributed by atoms with E-state index in [2.05, 4.69) is 348 Å². The second-order valence-corrected chi connectivity index (χ2v) is 60.2. The Bertz CT molecular complexity index is 2870. The van der Waals surface area contributed by atoms with Crippen LogP contribution in [0, 0.1) is 0 Å². The van der Waals surface area contributed by atoms with Crippen molar-refractivity contribution < 1.29 is 4.74 Å². The van der Waals surface area contributed by atoms with E-state index in [1.54, 1.807) is 0 Å². The molecule has 0 bridgehead atoms. The van der Waals surface area contributed by atoms with Gasteiger partial charge in [0.1, 0.15) is 0 Å². The van der Waals surface area contributed by atoms with Crippen molar-refractivity contribution in [2.24, 2.45) is 0 Å². The summed E-state index contributed by atoms with van der Waals surface area (Å²) < 4.78 is 13.2. The Morgan fingerprint density at radius 3 is 0.582 bits per heavy atom. The highest BCUT2D eigenvalue weighted by atomic mass is 35.7. The first-order valence-corrected chi connectivity index (χ1v) is 49.2. The first-order valence-electron chi connectivity index (χ1n) is 33.3. The molecule has 484 valence electrons. The summed E-state index contributed by atoms with van der Waals surface area (Å²) in [5.74, 6) is 0. The second kappa shape index (κ2) is 30.5. The third kappa shape index (κ3) is 14.6. The molecule has 0 aromatic heterocycles. The zero-order valence-electron chi connectivity index (χ0n) is 57.1. The van der Waals surface area contributed by atoms with E-state index < -0.39 is 47.8 Å². The monoisotopic (exact) mass is 1390 g/mol. The summed E-state index contributed by atoms with van der Waals surface area (Å²) in [4.78, 5) is 0. The van der Waals surface area contributed by atoms with Crippen LogP contribution >= 0.6 is 44.3 Å². The maximum absolute atomic E-state index is 7.42. The van der Waals surface area contributed by atoms with E-state index in [1.165, 1.54) is 41.5 Å². The fourth-order valence-corrected chi connectivity index (χ4v) is 52.9. The number of nitrogens with zero attached hydrogens (tertiary/aromatic N) is 2. The highest BCUT2D eigenvalue weighted by Gasteiger charge is 2.65. The lowest BCUT2D eigenvalue weighted by molar-refractivity contribution is 0.111. The molecule has 91 heavy (non-hydrogen) atoms. The minimum atomic E-state index is -2.99. The molecule has 2 atom stereocenters. The molecule has 13 heteroatoms. The van der Waals surface area contributed by atoms with Crippen LogP contribution < -0.4 is 41.5 Å². The van der Waals surface area contributed by atoms with Gasteiger partial charge in [-0.05, 0) is 123 Å². The highest BCUT2D eigenvalue weighted by molar-refractivity contribution is 7.35. The van der Waals surface area contributed by atoms with Gasteiger partial charge in [0.15, 0.2) is 32.9 Å². The molecule has 0 saturated carbocycles. The molecule has 0 saturated heterocycles. The number of hydrogen-bond acceptors (Lipinski definition) is 3. The Kier molecular flexibility index (Phi) is 24.4. The maximum Gasteiger partial charge on any atom is 0.242 e. The van der Waals surface area contributed by atoms with E-state index in [4.69, 9.17) is 49.1 Å². The first-order chi connectivity index (χ1) is 43.1. The lowest BCUT2D eigenvalue weighted by atomic mass is 10.00.